The first-order valence-corrected chi connectivity index (χ1v) is 10.5. The molecule has 150 valence electrons. The fourth-order valence-electron chi connectivity index (χ4n) is 3.20. The SMILES string of the molecule is COc1ccc(CN2CC=C(SCCN)N(Cc3ccc(OC)cc3)C2)cc1. The summed E-state index contributed by atoms with van der Waals surface area (Å²) < 4.78 is 10.5. The third-order valence-electron chi connectivity index (χ3n) is 4.67. The Balaban J connectivity index is 1.68. The van der Waals surface area contributed by atoms with Gasteiger partial charge in [-0.3, -0.25) is 4.90 Å². The minimum absolute atomic E-state index is 0.688. The Morgan fingerprint density at radius 2 is 1.46 bits per heavy atom. The number of nitrogens with zero attached hydrogens (tertiary/aromatic N) is 2. The molecule has 0 aromatic heterocycles. The predicted octanol–water partition coefficient (Wildman–Crippen LogP) is 3.51. The minimum atomic E-state index is 0.688. The lowest BCUT2D eigenvalue weighted by atomic mass is 10.2. The fourth-order valence-corrected chi connectivity index (χ4v) is 4.03. The lowest BCUT2D eigenvalue weighted by Crippen LogP contribution is -2.40. The van der Waals surface area contributed by atoms with E-state index in [2.05, 4.69) is 40.1 Å². The van der Waals surface area contributed by atoms with Crippen molar-refractivity contribution in [2.45, 2.75) is 13.1 Å². The normalized spacial score (nSPS) is 14.7. The van der Waals surface area contributed by atoms with Crippen molar-refractivity contribution in [1.29, 1.82) is 0 Å². The van der Waals surface area contributed by atoms with E-state index in [1.807, 2.05) is 36.0 Å². The third kappa shape index (κ3) is 5.67. The van der Waals surface area contributed by atoms with E-state index in [0.717, 1.165) is 43.6 Å². The van der Waals surface area contributed by atoms with Crippen LogP contribution in [0, 0.1) is 0 Å². The van der Waals surface area contributed by atoms with E-state index in [0.29, 0.717) is 6.54 Å². The Bertz CT molecular complexity index is 762. The Labute approximate surface area is 172 Å². The number of hydrogen-bond donors (Lipinski definition) is 1. The lowest BCUT2D eigenvalue weighted by molar-refractivity contribution is 0.153. The number of ether oxygens (including phenoxy) is 2. The topological polar surface area (TPSA) is 51.0 Å². The van der Waals surface area contributed by atoms with Crippen LogP contribution in [-0.4, -0.2) is 49.5 Å². The number of hydrogen-bond acceptors (Lipinski definition) is 6. The van der Waals surface area contributed by atoms with Gasteiger partial charge in [-0.25, -0.2) is 0 Å². The van der Waals surface area contributed by atoms with Crippen LogP contribution in [0.25, 0.3) is 0 Å². The van der Waals surface area contributed by atoms with Crippen LogP contribution in [0.5, 0.6) is 11.5 Å². The number of thioether (sulfide) groups is 1. The van der Waals surface area contributed by atoms with E-state index in [9.17, 15) is 0 Å². The molecule has 0 saturated heterocycles. The summed E-state index contributed by atoms with van der Waals surface area (Å²) in [5, 5.41) is 1.31. The number of benzene rings is 2. The first-order chi connectivity index (χ1) is 13.7. The molecule has 2 N–H and O–H groups in total. The van der Waals surface area contributed by atoms with Gasteiger partial charge in [0.05, 0.1) is 25.9 Å². The molecular formula is C22H29N3O2S. The number of nitrogens with two attached hydrogens (primary N) is 1. The molecule has 6 heteroatoms. The van der Waals surface area contributed by atoms with Crippen LogP contribution < -0.4 is 15.2 Å². The van der Waals surface area contributed by atoms with E-state index in [1.54, 1.807) is 14.2 Å². The van der Waals surface area contributed by atoms with Crippen molar-refractivity contribution in [3.63, 3.8) is 0 Å². The molecule has 0 unspecified atom stereocenters. The van der Waals surface area contributed by atoms with Gasteiger partial charge in [-0.1, -0.05) is 24.3 Å². The summed E-state index contributed by atoms with van der Waals surface area (Å²) in [6, 6.07) is 16.6. The highest BCUT2D eigenvalue weighted by molar-refractivity contribution is 8.03. The van der Waals surface area contributed by atoms with Crippen LogP contribution in [0.2, 0.25) is 0 Å². The Morgan fingerprint density at radius 3 is 2.00 bits per heavy atom. The molecule has 0 fully saturated rings. The van der Waals surface area contributed by atoms with Crippen molar-refractivity contribution in [3.05, 3.63) is 70.8 Å². The molecule has 1 aliphatic rings. The van der Waals surface area contributed by atoms with Crippen molar-refractivity contribution >= 4 is 11.8 Å². The van der Waals surface area contributed by atoms with Crippen LogP contribution in [-0.2, 0) is 13.1 Å². The van der Waals surface area contributed by atoms with Gasteiger partial charge in [0.15, 0.2) is 0 Å². The van der Waals surface area contributed by atoms with Gasteiger partial charge in [0.1, 0.15) is 11.5 Å². The van der Waals surface area contributed by atoms with Gasteiger partial charge in [-0.15, -0.1) is 11.8 Å². The molecule has 0 saturated carbocycles. The van der Waals surface area contributed by atoms with Gasteiger partial charge in [0.2, 0.25) is 0 Å². The molecule has 3 rings (SSSR count). The van der Waals surface area contributed by atoms with Crippen molar-refractivity contribution in [3.8, 4) is 11.5 Å². The molecule has 28 heavy (non-hydrogen) atoms. The van der Waals surface area contributed by atoms with Gasteiger partial charge in [0.25, 0.3) is 0 Å². The second kappa shape index (κ2) is 10.4. The van der Waals surface area contributed by atoms with E-state index in [1.165, 1.54) is 16.2 Å². The molecule has 1 aliphatic heterocycles. The summed E-state index contributed by atoms with van der Waals surface area (Å²) in [5.41, 5.74) is 8.29. The smallest absolute Gasteiger partial charge is 0.118 e. The van der Waals surface area contributed by atoms with Crippen LogP contribution >= 0.6 is 11.8 Å². The summed E-state index contributed by atoms with van der Waals surface area (Å²) in [4.78, 5) is 4.87. The number of rotatable bonds is 9. The quantitative estimate of drug-likeness (QED) is 0.696. The fraction of sp³-hybridized carbons (Fsp3) is 0.364. The summed E-state index contributed by atoms with van der Waals surface area (Å²) in [6.07, 6.45) is 2.32. The molecule has 1 heterocycles. The van der Waals surface area contributed by atoms with E-state index < -0.39 is 0 Å². The van der Waals surface area contributed by atoms with E-state index >= 15 is 0 Å². The maximum atomic E-state index is 5.73. The van der Waals surface area contributed by atoms with Crippen molar-refractivity contribution in [1.82, 2.24) is 9.80 Å². The van der Waals surface area contributed by atoms with Gasteiger partial charge >= 0.3 is 0 Å². The van der Waals surface area contributed by atoms with Gasteiger partial charge < -0.3 is 20.1 Å². The van der Waals surface area contributed by atoms with Gasteiger partial charge in [-0.05, 0) is 41.5 Å². The van der Waals surface area contributed by atoms with Crippen LogP contribution in [0.15, 0.2) is 59.6 Å². The summed E-state index contributed by atoms with van der Waals surface area (Å²) in [6.45, 7) is 4.30. The largest absolute Gasteiger partial charge is 0.497 e. The maximum absolute atomic E-state index is 5.73. The zero-order valence-corrected chi connectivity index (χ0v) is 17.5. The average molecular weight is 400 g/mol. The first-order valence-electron chi connectivity index (χ1n) is 9.48. The standard InChI is InChI=1S/C22H29N3O2S/c1-26-20-7-3-18(4-8-20)15-24-13-11-22(28-14-12-23)25(17-24)16-19-5-9-21(27-2)10-6-19/h3-11H,12-17,23H2,1-2H3. The van der Waals surface area contributed by atoms with Crippen molar-refractivity contribution in [2.75, 3.05) is 39.7 Å². The molecule has 2 aromatic rings. The van der Waals surface area contributed by atoms with E-state index in [4.69, 9.17) is 15.2 Å². The Hall–Kier alpha value is -2.15. The zero-order valence-electron chi connectivity index (χ0n) is 16.6. The average Bonchev–Trinajstić information content (AvgIpc) is 2.74. The van der Waals surface area contributed by atoms with Gasteiger partial charge in [-0.2, -0.15) is 0 Å². The highest BCUT2D eigenvalue weighted by Gasteiger charge is 2.20. The van der Waals surface area contributed by atoms with Crippen LogP contribution in [0.1, 0.15) is 11.1 Å². The molecule has 0 bridgehead atoms. The Kier molecular flexibility index (Phi) is 7.65. The van der Waals surface area contributed by atoms with E-state index in [-0.39, 0.29) is 0 Å². The minimum Gasteiger partial charge on any atom is -0.497 e. The predicted molar refractivity (Wildman–Crippen MR) is 116 cm³/mol. The zero-order chi connectivity index (χ0) is 19.8. The van der Waals surface area contributed by atoms with Crippen molar-refractivity contribution in [2.24, 2.45) is 5.73 Å². The highest BCUT2D eigenvalue weighted by Crippen LogP contribution is 2.27. The molecule has 0 amide bonds. The molecule has 5 nitrogen and oxygen atoms in total. The summed E-state index contributed by atoms with van der Waals surface area (Å²) in [5.74, 6) is 2.71. The summed E-state index contributed by atoms with van der Waals surface area (Å²) in [7, 11) is 3.39. The monoisotopic (exact) mass is 399 g/mol. The Morgan fingerprint density at radius 1 is 0.893 bits per heavy atom. The molecule has 0 spiro atoms. The van der Waals surface area contributed by atoms with Gasteiger partial charge in [0, 0.05) is 31.9 Å². The second-order valence-electron chi connectivity index (χ2n) is 6.73. The second-order valence-corrected chi connectivity index (χ2v) is 7.84. The lowest BCUT2D eigenvalue weighted by Gasteiger charge is -2.37. The highest BCUT2D eigenvalue weighted by atomic mass is 32.2. The summed E-state index contributed by atoms with van der Waals surface area (Å²) >= 11 is 1.84. The maximum Gasteiger partial charge on any atom is 0.118 e. The van der Waals surface area contributed by atoms with Crippen molar-refractivity contribution < 1.29 is 9.47 Å². The third-order valence-corrected chi connectivity index (χ3v) is 5.83. The first kappa shape index (κ1) is 20.6. The molecule has 0 radical (unpaired) electrons. The molecular weight excluding hydrogens is 370 g/mol. The van der Waals surface area contributed by atoms with Crippen LogP contribution in [0.3, 0.4) is 0 Å². The van der Waals surface area contributed by atoms with Crippen LogP contribution in [0.4, 0.5) is 0 Å². The molecule has 0 atom stereocenters. The molecule has 0 aliphatic carbocycles. The molecule has 2 aromatic carbocycles. The number of methoxy groups -OCH3 is 2.